The third-order valence-corrected chi connectivity index (χ3v) is 27.3. The maximum absolute atomic E-state index is 13.3. The van der Waals surface area contributed by atoms with Crippen molar-refractivity contribution in [1.82, 2.24) is 86.7 Å². The molecule has 10 aliphatic rings. The topological polar surface area (TPSA) is 529 Å². The molecule has 143 heavy (non-hydrogen) atoms. The van der Waals surface area contributed by atoms with Gasteiger partial charge in [-0.3, -0.25) is 74.2 Å². The van der Waals surface area contributed by atoms with Gasteiger partial charge in [0.05, 0.1) is 60.0 Å². The summed E-state index contributed by atoms with van der Waals surface area (Å²) in [4.78, 5) is 196. The quantitative estimate of drug-likeness (QED) is 0.00633. The lowest BCUT2D eigenvalue weighted by molar-refractivity contribution is -0.126. The average Bonchev–Trinajstić information content (AvgIpc) is 1.98. The van der Waals surface area contributed by atoms with Crippen molar-refractivity contribution in [3.05, 3.63) is 254 Å². The number of amidine groups is 2. The molecule has 0 aliphatic carbocycles. The Balaban J connectivity index is 0.000000122. The van der Waals surface area contributed by atoms with Crippen LogP contribution in [0.5, 0.6) is 23.0 Å². The molecule has 5 aromatic heterocycles. The SMILES string of the molecule is CCN1CCN(C(=NO)c2ccc3oc([C@]4(CN5Cc6ccc(OC)cc6C5=O)NC(=O)NC4=O)cc3c2)CC1.COc1ccc2c(c1)C(=O)N(C[C@@]1(c3cc4c(C(C)=O)nccc4o3)NC(=O)NC1=O)C2.COc1ccc2c(c1)C(=O)N(C[C@@]1(c3cc4cc(C(=NO)N5CCCN(C)CC5)ccc4o3)NC(=O)NC1=O)C2.COc1ccc2c(c1)C(=O)N(C[C@@]1(c3cc4cc(C=O)ccc4o3)NC(=O)NC1=O)C2. The molecule has 0 spiro atoms. The number of benzene rings is 7. The maximum atomic E-state index is 13.3. The number of carbonyl (C=O) groups excluding carboxylic acids is 14. The molecular formula is C100H95N19O24. The summed E-state index contributed by atoms with van der Waals surface area (Å²) in [6.07, 6.45) is 3.08. The van der Waals surface area contributed by atoms with Crippen molar-refractivity contribution in [2.45, 2.75) is 68.6 Å². The highest BCUT2D eigenvalue weighted by Crippen LogP contribution is 2.43. The number of urea groups is 4. The van der Waals surface area contributed by atoms with E-state index in [2.05, 4.69) is 81.6 Å². The number of oxime groups is 2. The van der Waals surface area contributed by atoms with Crippen molar-refractivity contribution >= 4 is 139 Å². The van der Waals surface area contributed by atoms with E-state index < -0.39 is 69.9 Å². The van der Waals surface area contributed by atoms with Gasteiger partial charge in [0.25, 0.3) is 47.3 Å². The van der Waals surface area contributed by atoms with Gasteiger partial charge in [-0.25, -0.2) is 19.2 Å². The first-order chi connectivity index (χ1) is 68.9. The van der Waals surface area contributed by atoms with E-state index in [0.717, 1.165) is 87.6 Å². The number of fused-ring (bicyclic) bond motifs is 8. The number of methoxy groups -OCH3 is 4. The number of carbonyl (C=O) groups is 14. The van der Waals surface area contributed by atoms with Crippen LogP contribution in [0, 0.1) is 0 Å². The van der Waals surface area contributed by atoms with Crippen LogP contribution in [0.4, 0.5) is 19.2 Å². The second-order valence-corrected chi connectivity index (χ2v) is 35.9. The van der Waals surface area contributed by atoms with E-state index in [0.29, 0.717) is 124 Å². The second-order valence-electron chi connectivity index (χ2n) is 35.9. The molecule has 0 radical (unpaired) electrons. The van der Waals surface area contributed by atoms with E-state index in [4.69, 9.17) is 36.6 Å². The van der Waals surface area contributed by atoms with Crippen LogP contribution in [0.1, 0.15) is 139 Å². The van der Waals surface area contributed by atoms with Gasteiger partial charge in [-0.15, -0.1) is 0 Å². The Hall–Kier alpha value is -17.5. The number of nitrogens with one attached hydrogen (secondary N) is 8. The predicted octanol–water partition coefficient (Wildman–Crippen LogP) is 7.49. The molecule has 6 fully saturated rings. The standard InChI is InChI=1S/2C28H30N6O6.C22H18N4O6.C22H17N3O6/c1-32-8-3-9-33(11-10-32)24(31-38)17-5-7-22-19(12-17)13-23(40-22)28(26(36)29-27(37)30-28)16-34-15-18-4-6-20(39-2)14-21(18)25(34)35;1-3-32-8-10-33(11-9-32)24(31-38)17-5-7-22-19(12-17)13-23(40-22)28(26(36)29-27(37)30-28)16-34-15-18-4-6-20(39-2)14-21(18)25(34)35;1-11(27)18-15-8-17(32-16(15)5-6-23-18)22(20(29)24-21(30)25-22)10-26-9-12-3-4-13(31-2)7-14(12)19(26)28;1-30-15-4-3-13-9-25(19(27)16(13)8-15)11-22(20(28)23-21(29)24-22)18-7-14-6-12(10-26)2-5-17(14)31-18/h2*4-7,12-14,38H,3,8-11,15-16H2,1-2H3,(H2,29,30,36,37);3-8H,9-10H2,1-2H3,(H2,24,25,29,30);2-8,10H,9,11H2,1H3,(H2,23,24,28,29)/t2*28-;2*22-/m0000/s1. The van der Waals surface area contributed by atoms with Crippen molar-refractivity contribution in [2.75, 3.05) is 121 Å². The molecule has 12 aromatic rings. The van der Waals surface area contributed by atoms with Gasteiger partial charge in [-0.1, -0.05) is 41.5 Å². The normalized spacial score (nSPS) is 21.0. The summed E-state index contributed by atoms with van der Waals surface area (Å²) in [5, 5.41) is 49.1. The molecule has 0 unspecified atom stereocenters. The zero-order valence-corrected chi connectivity index (χ0v) is 78.2. The lowest BCUT2D eigenvalue weighted by atomic mass is 9.95. The summed E-state index contributed by atoms with van der Waals surface area (Å²) < 4.78 is 44.9. The number of likely N-dealkylation sites (N-methyl/N-ethyl adjacent to an activating group) is 2. The maximum Gasteiger partial charge on any atom is 0.322 e. The van der Waals surface area contributed by atoms with Gasteiger partial charge >= 0.3 is 24.1 Å². The number of piperazine rings is 1. The number of rotatable bonds is 21. The van der Waals surface area contributed by atoms with Gasteiger partial charge in [-0.2, -0.15) is 0 Å². The number of aldehydes is 1. The molecule has 43 nitrogen and oxygen atoms in total. The number of ether oxygens (including phenoxy) is 4. The number of furan rings is 4. The minimum Gasteiger partial charge on any atom is -0.497 e. The van der Waals surface area contributed by atoms with Gasteiger partial charge in [0.1, 0.15) is 80.4 Å². The molecule has 43 heteroatoms. The molecule has 4 atom stereocenters. The summed E-state index contributed by atoms with van der Waals surface area (Å²) in [7, 11) is 8.15. The van der Waals surface area contributed by atoms with E-state index >= 15 is 0 Å². The predicted molar refractivity (Wildman–Crippen MR) is 506 cm³/mol. The highest BCUT2D eigenvalue weighted by molar-refractivity contribution is 6.14. The Morgan fingerprint density at radius 3 is 1.09 bits per heavy atom. The van der Waals surface area contributed by atoms with Gasteiger partial charge in [-0.05, 0) is 182 Å². The Morgan fingerprint density at radius 1 is 0.413 bits per heavy atom. The summed E-state index contributed by atoms with van der Waals surface area (Å²) in [6, 6.07) is 41.9. The number of hydrogen-bond acceptors (Lipinski definition) is 29. The van der Waals surface area contributed by atoms with Gasteiger partial charge in [0, 0.05) is 140 Å². The highest BCUT2D eigenvalue weighted by Gasteiger charge is 2.58. The van der Waals surface area contributed by atoms with Gasteiger partial charge in [0.2, 0.25) is 0 Å². The van der Waals surface area contributed by atoms with Crippen molar-refractivity contribution in [2.24, 2.45) is 10.3 Å². The number of pyridine rings is 1. The fourth-order valence-electron chi connectivity index (χ4n) is 19.7. The van der Waals surface area contributed by atoms with E-state index in [-0.39, 0.29) is 111 Å². The number of amides is 16. The third kappa shape index (κ3) is 17.3. The van der Waals surface area contributed by atoms with E-state index in [1.165, 1.54) is 67.2 Å². The molecule has 6 saturated heterocycles. The summed E-state index contributed by atoms with van der Waals surface area (Å²) in [5.74, 6) is -0.0658. The molecule has 10 N–H and O–H groups in total. The van der Waals surface area contributed by atoms with Crippen molar-refractivity contribution in [3.8, 4) is 23.0 Å². The van der Waals surface area contributed by atoms with Crippen LogP contribution in [-0.4, -0.2) is 270 Å². The number of Topliss-reactive ketones (excluding diaryl/α,β-unsaturated/α-hetero) is 1. The average molecular weight is 1950 g/mol. The number of ketones is 1. The monoisotopic (exact) mass is 1950 g/mol. The number of imide groups is 4. The van der Waals surface area contributed by atoms with Gasteiger partial charge in [0.15, 0.2) is 39.6 Å². The summed E-state index contributed by atoms with van der Waals surface area (Å²) >= 11 is 0. The number of hydrogen-bond donors (Lipinski definition) is 10. The minimum atomic E-state index is -1.66. The molecule has 0 saturated carbocycles. The van der Waals surface area contributed by atoms with Crippen LogP contribution >= 0.6 is 0 Å². The second kappa shape index (κ2) is 37.7. The van der Waals surface area contributed by atoms with Crippen LogP contribution < -0.4 is 61.5 Å². The first-order valence-electron chi connectivity index (χ1n) is 45.6. The molecule has 7 aromatic carbocycles. The first-order valence-corrected chi connectivity index (χ1v) is 45.6. The minimum absolute atomic E-state index is 0.104. The Kier molecular flexibility index (Phi) is 24.9. The van der Waals surface area contributed by atoms with E-state index in [1.54, 1.807) is 127 Å². The van der Waals surface area contributed by atoms with E-state index in [1.807, 2.05) is 34.1 Å². The summed E-state index contributed by atoms with van der Waals surface area (Å²) in [6.45, 7) is 11.5. The largest absolute Gasteiger partial charge is 0.497 e. The third-order valence-electron chi connectivity index (χ3n) is 27.3. The van der Waals surface area contributed by atoms with Crippen LogP contribution in [0.2, 0.25) is 0 Å². The van der Waals surface area contributed by atoms with Crippen LogP contribution in [-0.2, 0) is 67.5 Å². The van der Waals surface area contributed by atoms with Crippen molar-refractivity contribution in [3.63, 3.8) is 0 Å². The lowest BCUT2D eigenvalue weighted by Gasteiger charge is -2.35. The van der Waals surface area contributed by atoms with Crippen LogP contribution in [0.3, 0.4) is 0 Å². The van der Waals surface area contributed by atoms with Crippen molar-refractivity contribution < 1.29 is 114 Å². The zero-order chi connectivity index (χ0) is 100. The molecule has 22 rings (SSSR count). The molecular weight excluding hydrogens is 1850 g/mol. The first kappa shape index (κ1) is 94.5. The number of aromatic nitrogens is 1. The summed E-state index contributed by atoms with van der Waals surface area (Å²) in [5.41, 5.74) is 2.41. The number of nitrogens with zero attached hydrogens (tertiary/aromatic N) is 11. The van der Waals surface area contributed by atoms with Gasteiger partial charge < -0.3 is 107 Å². The molecule has 734 valence electrons. The van der Waals surface area contributed by atoms with E-state index in [9.17, 15) is 77.5 Å². The highest BCUT2D eigenvalue weighted by atomic mass is 16.5. The molecule has 10 aliphatic heterocycles. The lowest BCUT2D eigenvalue weighted by Crippen LogP contribution is -2.52. The fourth-order valence-corrected chi connectivity index (χ4v) is 19.7. The molecule has 0 bridgehead atoms. The fraction of sp³-hybridized carbons (Fsp3) is 0.290. The Morgan fingerprint density at radius 2 is 0.755 bits per heavy atom. The Labute approximate surface area is 812 Å². The van der Waals surface area contributed by atoms with Crippen molar-refractivity contribution in [1.29, 1.82) is 0 Å². The Bertz CT molecular complexity index is 7420. The molecule has 15 heterocycles. The smallest absolute Gasteiger partial charge is 0.322 e. The molecule has 16 amide bonds. The zero-order valence-electron chi connectivity index (χ0n) is 78.2. The van der Waals surface area contributed by atoms with Crippen LogP contribution in [0.25, 0.3) is 43.9 Å². The van der Waals surface area contributed by atoms with Crippen LogP contribution in [0.15, 0.2) is 192 Å².